The molecular formula is C6H11KO6. The van der Waals surface area contributed by atoms with E-state index in [4.69, 9.17) is 25.5 Å². The number of hydrogen-bond donors (Lipinski definition) is 5. The van der Waals surface area contributed by atoms with Crippen molar-refractivity contribution in [3.05, 3.63) is 0 Å². The molecule has 0 aliphatic rings. The first-order valence-corrected chi connectivity index (χ1v) is 5.31. The molecule has 0 saturated heterocycles. The summed E-state index contributed by atoms with van der Waals surface area (Å²) in [4.78, 5) is 10.6. The van der Waals surface area contributed by atoms with E-state index >= 15 is 0 Å². The van der Waals surface area contributed by atoms with Crippen molar-refractivity contribution in [1.82, 2.24) is 0 Å². The van der Waals surface area contributed by atoms with Gasteiger partial charge in [-0.15, -0.1) is 0 Å². The van der Waals surface area contributed by atoms with E-state index in [-0.39, 0.29) is 49.0 Å². The Labute approximate surface area is 109 Å². The van der Waals surface area contributed by atoms with Gasteiger partial charge >= 0.3 is 110 Å². The molecule has 0 spiro atoms. The fourth-order valence-electron chi connectivity index (χ4n) is 0.763. The fourth-order valence-corrected chi connectivity index (χ4v) is 1.30. The van der Waals surface area contributed by atoms with Crippen LogP contribution in [0.2, 0.25) is 0 Å². The van der Waals surface area contributed by atoms with Gasteiger partial charge in [0.25, 0.3) is 0 Å². The van der Waals surface area contributed by atoms with Crippen LogP contribution in [-0.4, -0.2) is 105 Å². The monoisotopic (exact) mass is 218 g/mol. The molecule has 0 rings (SSSR count). The van der Waals surface area contributed by atoms with Crippen LogP contribution >= 0.6 is 0 Å². The molecule has 5 N–H and O–H groups in total. The van der Waals surface area contributed by atoms with Crippen LogP contribution in [0.1, 0.15) is 0 Å². The summed E-state index contributed by atoms with van der Waals surface area (Å²) in [6.07, 6.45) is -6.69. The van der Waals surface area contributed by atoms with Crippen molar-refractivity contribution in [2.45, 2.75) is 24.4 Å². The Bertz CT molecular complexity index is 175. The van der Waals surface area contributed by atoms with Crippen molar-refractivity contribution in [3.8, 4) is 0 Å². The number of hydrogen-bond acceptors (Lipinski definition) is 6. The van der Waals surface area contributed by atoms with E-state index in [2.05, 4.69) is 0 Å². The molecule has 0 bridgehead atoms. The maximum absolute atomic E-state index is 10.6. The van der Waals surface area contributed by atoms with Crippen LogP contribution in [0, 0.1) is 0 Å². The summed E-state index contributed by atoms with van der Waals surface area (Å²) in [7, 11) is 0. The van der Waals surface area contributed by atoms with Crippen LogP contribution in [0.15, 0.2) is 0 Å². The molecule has 0 aromatic rings. The van der Waals surface area contributed by atoms with E-state index in [1.165, 1.54) is 0 Å². The molecule has 72 valence electrons. The molecular weight excluding hydrogens is 207 g/mol. The number of carbonyl (C=O) groups excluding carboxylic acids is 1. The van der Waals surface area contributed by atoms with Gasteiger partial charge in [0.1, 0.15) is 0 Å². The zero-order valence-electron chi connectivity index (χ0n) is 7.16. The second-order valence-corrected chi connectivity index (χ2v) is 4.33. The average Bonchev–Trinajstić information content (AvgIpc) is 2.12. The van der Waals surface area contributed by atoms with Gasteiger partial charge in [-0.3, -0.25) is 0 Å². The molecule has 0 fully saturated rings. The first-order chi connectivity index (χ1) is 5.91. The first kappa shape index (κ1) is 14.1. The van der Waals surface area contributed by atoms with Crippen molar-refractivity contribution in [1.29, 1.82) is 0 Å². The Morgan fingerprint density at radius 1 is 1.15 bits per heavy atom. The van der Waals surface area contributed by atoms with Crippen LogP contribution in [0.3, 0.4) is 0 Å². The Hall–Kier alpha value is 1.11. The zero-order chi connectivity index (χ0) is 10.6. The van der Waals surface area contributed by atoms with Gasteiger partial charge in [0.15, 0.2) is 0 Å². The van der Waals surface area contributed by atoms with Gasteiger partial charge in [-0.1, -0.05) is 0 Å². The van der Waals surface area contributed by atoms with Gasteiger partial charge in [0.2, 0.25) is 0 Å². The van der Waals surface area contributed by atoms with E-state index in [0.29, 0.717) is 0 Å². The quantitative estimate of drug-likeness (QED) is 0.301. The Morgan fingerprint density at radius 2 is 1.62 bits per heavy atom. The molecule has 7 heteroatoms. The third-order valence-electron chi connectivity index (χ3n) is 1.67. The first-order valence-electron chi connectivity index (χ1n) is 3.75. The standard InChI is InChI=1S/C6H11O6.K/c7-1-3(9)5(11)6(12)4(10)2-8;/h3-7,9-12H,1H2;/t3-,4+,5-,6-;/m1./s1. The fraction of sp³-hybridized carbons (Fsp3) is 0.833. The molecule has 0 aromatic heterocycles. The number of aliphatic hydroxyl groups is 5. The molecule has 6 nitrogen and oxygen atoms in total. The summed E-state index contributed by atoms with van der Waals surface area (Å²) in [6, 6.07) is 0. The van der Waals surface area contributed by atoms with E-state index < -0.39 is 30.9 Å². The number of aliphatic hydroxyl groups excluding tert-OH is 5. The summed E-state index contributed by atoms with van der Waals surface area (Å²) in [5, 5.41) is 44.4. The molecule has 4 atom stereocenters. The molecule has 0 saturated carbocycles. The number of rotatable bonds is 5. The van der Waals surface area contributed by atoms with Gasteiger partial charge in [0.05, 0.1) is 0 Å². The van der Waals surface area contributed by atoms with Gasteiger partial charge < -0.3 is 0 Å². The third kappa shape index (κ3) is 4.43. The molecule has 0 aliphatic heterocycles. The maximum atomic E-state index is 10.6. The second-order valence-electron chi connectivity index (χ2n) is 2.79. The molecule has 13 heavy (non-hydrogen) atoms. The van der Waals surface area contributed by atoms with E-state index in [1.807, 2.05) is 0 Å². The van der Waals surface area contributed by atoms with Gasteiger partial charge in [-0.2, -0.15) is 0 Å². The van der Waals surface area contributed by atoms with Gasteiger partial charge in [-0.05, 0) is 0 Å². The summed E-state index contributed by atoms with van der Waals surface area (Å²) < 4.78 is -0.538. The average molecular weight is 218 g/mol. The Kier molecular flexibility index (Phi) is 7.12. The number of carbonyl (C=O) groups is 1. The summed E-state index contributed by atoms with van der Waals surface area (Å²) >= 11 is -0.308. The Morgan fingerprint density at radius 3 is 1.92 bits per heavy atom. The Balaban J connectivity index is 4.24. The van der Waals surface area contributed by atoms with Crippen molar-refractivity contribution in [2.75, 3.05) is 6.61 Å². The minimum absolute atomic E-state index is 0.308. The minimum atomic E-state index is -1.75. The zero-order valence-corrected chi connectivity index (χ0v) is 10.3. The van der Waals surface area contributed by atoms with Crippen LogP contribution in [0.5, 0.6) is 0 Å². The molecule has 0 unspecified atom stereocenters. The van der Waals surface area contributed by atoms with Crippen LogP contribution in [-0.2, 0) is 4.79 Å². The molecule has 0 radical (unpaired) electrons. The summed E-state index contributed by atoms with van der Waals surface area (Å²) in [5.74, 6) is 0. The molecule has 0 amide bonds. The van der Waals surface area contributed by atoms with Crippen molar-refractivity contribution >= 4 is 48.8 Å². The SMILES string of the molecule is O=[C]([K])[C@H](O)[C@@H](O)[C@H](O)[C@H](O)CO. The van der Waals surface area contributed by atoms with E-state index in [1.54, 1.807) is 0 Å². The summed E-state index contributed by atoms with van der Waals surface area (Å²) in [5.41, 5.74) is 0. The van der Waals surface area contributed by atoms with Crippen LogP contribution in [0.25, 0.3) is 0 Å². The van der Waals surface area contributed by atoms with Gasteiger partial charge in [-0.25, -0.2) is 0 Å². The molecule has 0 aliphatic carbocycles. The predicted molar refractivity (Wildman–Crippen MR) is 41.9 cm³/mol. The predicted octanol–water partition coefficient (Wildman–Crippen LogP) is -3.88. The van der Waals surface area contributed by atoms with E-state index in [0.717, 1.165) is 0 Å². The van der Waals surface area contributed by atoms with Gasteiger partial charge in [0, 0.05) is 0 Å². The third-order valence-corrected chi connectivity index (χ3v) is 2.59. The normalized spacial score (nSPS) is 20.5. The van der Waals surface area contributed by atoms with Crippen molar-refractivity contribution < 1.29 is 30.3 Å². The topological polar surface area (TPSA) is 118 Å². The van der Waals surface area contributed by atoms with Crippen LogP contribution < -0.4 is 0 Å². The molecule has 0 aromatic carbocycles. The van der Waals surface area contributed by atoms with Crippen molar-refractivity contribution in [2.24, 2.45) is 0 Å². The molecule has 0 heterocycles. The van der Waals surface area contributed by atoms with Crippen molar-refractivity contribution in [3.63, 3.8) is 0 Å². The summed E-state index contributed by atoms with van der Waals surface area (Å²) in [6.45, 7) is -0.746. The van der Waals surface area contributed by atoms with E-state index in [9.17, 15) is 4.79 Å². The van der Waals surface area contributed by atoms with Crippen LogP contribution in [0.4, 0.5) is 0 Å². The second kappa shape index (κ2) is 6.56.